The number of fused-ring (bicyclic) bond motifs is 1. The zero-order chi connectivity index (χ0) is 26.6. The zero-order valence-corrected chi connectivity index (χ0v) is 22.7. The van der Waals surface area contributed by atoms with Crippen molar-refractivity contribution in [3.8, 4) is 11.1 Å². The van der Waals surface area contributed by atoms with Crippen LogP contribution in [0.2, 0.25) is 5.02 Å². The lowest BCUT2D eigenvalue weighted by atomic mass is 10.0. The second kappa shape index (κ2) is 11.7. The lowest BCUT2D eigenvalue weighted by Crippen LogP contribution is -2.38. The fourth-order valence-electron chi connectivity index (χ4n) is 5.13. The molecule has 3 heterocycles. The Morgan fingerprint density at radius 2 is 1.87 bits per heavy atom. The van der Waals surface area contributed by atoms with Crippen LogP contribution in [0.25, 0.3) is 11.1 Å². The van der Waals surface area contributed by atoms with Crippen LogP contribution < -0.4 is 11.0 Å². The minimum atomic E-state index is -0.418. The van der Waals surface area contributed by atoms with Crippen molar-refractivity contribution in [3.05, 3.63) is 74.8 Å². The van der Waals surface area contributed by atoms with Crippen molar-refractivity contribution in [1.29, 1.82) is 5.41 Å². The first-order valence-electron chi connectivity index (χ1n) is 13.0. The summed E-state index contributed by atoms with van der Waals surface area (Å²) in [7, 11) is 3.43. The fraction of sp³-hybridized carbons (Fsp3) is 0.429. The normalized spacial score (nSPS) is 17.9. The molecule has 1 atom stereocenters. The summed E-state index contributed by atoms with van der Waals surface area (Å²) in [4.78, 5) is 20.2. The molecule has 202 valence electrons. The Kier molecular flexibility index (Phi) is 8.18. The highest BCUT2D eigenvalue weighted by Crippen LogP contribution is 2.29. The summed E-state index contributed by atoms with van der Waals surface area (Å²) in [5.74, 6) is 0.733. The van der Waals surface area contributed by atoms with Gasteiger partial charge >= 0.3 is 5.69 Å². The van der Waals surface area contributed by atoms with E-state index in [0.717, 1.165) is 36.3 Å². The Morgan fingerprint density at radius 3 is 2.66 bits per heavy atom. The Labute approximate surface area is 227 Å². The van der Waals surface area contributed by atoms with E-state index in [2.05, 4.69) is 39.5 Å². The SMILES string of the molecule is COCCOC1CN(C)C(=N)c2[nH]c(=O)n(Cc3cc(-c4cccc(CN5CCCC5)c4)ccc3Cl)c2N1. The number of imidazole rings is 1. The standard InChI is InChI=1S/C28H35ClN6O3/c1-33-18-24(38-13-12-37-2)31-27-25(26(33)30)32-28(36)35(27)17-22-15-21(8-9-23(22)29)20-7-5-6-19(14-20)16-34-10-3-4-11-34/h5-9,14-15,24,30-31H,3-4,10-13,16-18H2,1-2H3,(H,32,36). The number of hydrogen-bond acceptors (Lipinski definition) is 6. The van der Waals surface area contributed by atoms with E-state index >= 15 is 0 Å². The Bertz CT molecular complexity index is 1350. The number of halogens is 1. The quantitative estimate of drug-likeness (QED) is 0.358. The number of rotatable bonds is 9. The van der Waals surface area contributed by atoms with Crippen molar-refractivity contribution in [2.45, 2.75) is 32.2 Å². The molecule has 10 heteroatoms. The number of nitrogens with one attached hydrogen (secondary N) is 3. The molecule has 0 spiro atoms. The van der Waals surface area contributed by atoms with Gasteiger partial charge in [0.1, 0.15) is 23.6 Å². The molecule has 5 rings (SSSR count). The van der Waals surface area contributed by atoms with Gasteiger partial charge in [0.15, 0.2) is 0 Å². The summed E-state index contributed by atoms with van der Waals surface area (Å²) in [6, 6.07) is 14.6. The lowest BCUT2D eigenvalue weighted by Gasteiger charge is -2.23. The Hall–Kier alpha value is -3.11. The maximum atomic E-state index is 13.1. The molecule has 2 aromatic carbocycles. The van der Waals surface area contributed by atoms with Crippen molar-refractivity contribution >= 4 is 23.3 Å². The minimum Gasteiger partial charge on any atom is -0.382 e. The highest BCUT2D eigenvalue weighted by atomic mass is 35.5. The number of amidine groups is 1. The number of methoxy groups -OCH3 is 1. The van der Waals surface area contributed by atoms with E-state index in [-0.39, 0.29) is 18.1 Å². The summed E-state index contributed by atoms with van der Waals surface area (Å²) in [5, 5.41) is 12.5. The van der Waals surface area contributed by atoms with Crippen molar-refractivity contribution in [2.24, 2.45) is 0 Å². The zero-order valence-electron chi connectivity index (χ0n) is 21.9. The molecule has 0 amide bonds. The van der Waals surface area contributed by atoms with Gasteiger partial charge in [-0.1, -0.05) is 35.9 Å². The fourth-order valence-corrected chi connectivity index (χ4v) is 5.31. The topological polar surface area (TPSA) is 98.6 Å². The van der Waals surface area contributed by atoms with Gasteiger partial charge < -0.3 is 24.7 Å². The highest BCUT2D eigenvalue weighted by Gasteiger charge is 2.28. The van der Waals surface area contributed by atoms with Crippen LogP contribution >= 0.6 is 11.6 Å². The molecule has 0 radical (unpaired) electrons. The average Bonchev–Trinajstić information content (AvgIpc) is 3.50. The third-order valence-corrected chi connectivity index (χ3v) is 7.55. The Balaban J connectivity index is 1.42. The van der Waals surface area contributed by atoms with Gasteiger partial charge in [0.05, 0.1) is 26.3 Å². The van der Waals surface area contributed by atoms with Crippen LogP contribution in [0.4, 0.5) is 5.82 Å². The average molecular weight is 539 g/mol. The smallest absolute Gasteiger partial charge is 0.328 e. The van der Waals surface area contributed by atoms with Crippen molar-refractivity contribution in [3.63, 3.8) is 0 Å². The van der Waals surface area contributed by atoms with Gasteiger partial charge in [-0.2, -0.15) is 0 Å². The molecule has 1 saturated heterocycles. The van der Waals surface area contributed by atoms with Gasteiger partial charge in [0, 0.05) is 25.7 Å². The summed E-state index contributed by atoms with van der Waals surface area (Å²) >= 11 is 6.64. The number of nitrogens with zero attached hydrogens (tertiary/aromatic N) is 3. The first kappa shape index (κ1) is 26.5. The van der Waals surface area contributed by atoms with Crippen LogP contribution in [-0.2, 0) is 22.6 Å². The minimum absolute atomic E-state index is 0.218. The largest absolute Gasteiger partial charge is 0.382 e. The van der Waals surface area contributed by atoms with Gasteiger partial charge in [-0.05, 0) is 66.4 Å². The van der Waals surface area contributed by atoms with E-state index in [0.29, 0.717) is 36.3 Å². The third-order valence-electron chi connectivity index (χ3n) is 7.19. The first-order valence-corrected chi connectivity index (χ1v) is 13.4. The van der Waals surface area contributed by atoms with Gasteiger partial charge in [-0.25, -0.2) is 4.79 Å². The van der Waals surface area contributed by atoms with E-state index < -0.39 is 6.23 Å². The molecule has 1 aromatic heterocycles. The number of benzene rings is 2. The van der Waals surface area contributed by atoms with E-state index in [4.69, 9.17) is 26.5 Å². The number of aromatic nitrogens is 2. The summed E-state index contributed by atoms with van der Waals surface area (Å²) in [6.07, 6.45) is 2.12. The molecule has 3 aromatic rings. The molecule has 2 aliphatic heterocycles. The van der Waals surface area contributed by atoms with Crippen LogP contribution in [0.5, 0.6) is 0 Å². The molecule has 0 aliphatic carbocycles. The molecule has 2 aliphatic rings. The highest BCUT2D eigenvalue weighted by molar-refractivity contribution is 6.31. The van der Waals surface area contributed by atoms with Gasteiger partial charge in [-0.3, -0.25) is 14.9 Å². The van der Waals surface area contributed by atoms with E-state index in [1.165, 1.54) is 18.4 Å². The summed E-state index contributed by atoms with van der Waals surface area (Å²) in [5.41, 5.74) is 4.39. The molecule has 0 bridgehead atoms. The second-order valence-electron chi connectivity index (χ2n) is 9.96. The van der Waals surface area contributed by atoms with Crippen LogP contribution in [0.1, 0.15) is 29.7 Å². The number of likely N-dealkylation sites (N-methyl/N-ethyl adjacent to an activating group) is 1. The van der Waals surface area contributed by atoms with Gasteiger partial charge in [0.2, 0.25) is 0 Å². The summed E-state index contributed by atoms with van der Waals surface area (Å²) in [6.45, 7) is 4.81. The molecular weight excluding hydrogens is 504 g/mol. The number of hydrogen-bond donors (Lipinski definition) is 3. The molecule has 9 nitrogen and oxygen atoms in total. The monoisotopic (exact) mass is 538 g/mol. The predicted molar refractivity (Wildman–Crippen MR) is 150 cm³/mol. The summed E-state index contributed by atoms with van der Waals surface area (Å²) < 4.78 is 12.6. The number of aromatic amines is 1. The van der Waals surface area contributed by atoms with Gasteiger partial charge in [-0.15, -0.1) is 0 Å². The number of ether oxygens (including phenoxy) is 2. The second-order valence-corrected chi connectivity index (χ2v) is 10.4. The van der Waals surface area contributed by atoms with Crippen LogP contribution in [0.15, 0.2) is 47.3 Å². The number of likely N-dealkylation sites (tertiary alicyclic amines) is 1. The van der Waals surface area contributed by atoms with Crippen LogP contribution in [-0.4, -0.2) is 78.4 Å². The van der Waals surface area contributed by atoms with E-state index in [9.17, 15) is 4.79 Å². The number of anilines is 1. The maximum absolute atomic E-state index is 13.1. The van der Waals surface area contributed by atoms with E-state index in [1.54, 1.807) is 23.6 Å². The molecule has 3 N–H and O–H groups in total. The molecule has 38 heavy (non-hydrogen) atoms. The molecule has 1 fully saturated rings. The number of H-pyrrole nitrogens is 1. The molecular formula is C28H35ClN6O3. The van der Waals surface area contributed by atoms with Crippen molar-refractivity contribution in [2.75, 3.05) is 52.3 Å². The van der Waals surface area contributed by atoms with Crippen LogP contribution in [0, 0.1) is 5.41 Å². The van der Waals surface area contributed by atoms with Crippen molar-refractivity contribution < 1.29 is 9.47 Å². The Morgan fingerprint density at radius 1 is 1.08 bits per heavy atom. The van der Waals surface area contributed by atoms with E-state index in [1.807, 2.05) is 18.2 Å². The maximum Gasteiger partial charge on any atom is 0.328 e. The van der Waals surface area contributed by atoms with Crippen LogP contribution in [0.3, 0.4) is 0 Å². The molecule has 0 saturated carbocycles. The molecule has 1 unspecified atom stereocenters. The van der Waals surface area contributed by atoms with Crippen molar-refractivity contribution in [1.82, 2.24) is 19.4 Å². The lowest BCUT2D eigenvalue weighted by molar-refractivity contribution is 0.0240. The van der Waals surface area contributed by atoms with Gasteiger partial charge in [0.25, 0.3) is 0 Å². The third kappa shape index (κ3) is 5.81. The first-order chi connectivity index (χ1) is 18.4. The predicted octanol–water partition coefficient (Wildman–Crippen LogP) is 3.81.